The lowest BCUT2D eigenvalue weighted by atomic mass is 10.2. The van der Waals surface area contributed by atoms with Crippen molar-refractivity contribution in [3.05, 3.63) is 41.2 Å². The number of hydrogen-bond donors (Lipinski definition) is 1. The fourth-order valence-electron chi connectivity index (χ4n) is 1.83. The first kappa shape index (κ1) is 13.3. The minimum absolute atomic E-state index is 0.303. The van der Waals surface area contributed by atoms with Crippen LogP contribution in [0.5, 0.6) is 17.5 Å². The summed E-state index contributed by atoms with van der Waals surface area (Å²) < 4.78 is 11.0. The Morgan fingerprint density at radius 1 is 1.16 bits per heavy atom. The molecule has 5 nitrogen and oxygen atoms in total. The zero-order chi connectivity index (χ0) is 13.8. The smallest absolute Gasteiger partial charge is 0.322 e. The van der Waals surface area contributed by atoms with Crippen molar-refractivity contribution in [1.29, 1.82) is 0 Å². The molecular weight excluding hydrogens is 242 g/mol. The van der Waals surface area contributed by atoms with Crippen molar-refractivity contribution < 1.29 is 9.47 Å². The molecule has 1 aromatic heterocycles. The maximum atomic E-state index is 5.76. The Hall–Kier alpha value is -2.14. The molecule has 2 N–H and O–H groups in total. The third kappa shape index (κ3) is 3.00. The molecule has 1 aromatic carbocycles. The Kier molecular flexibility index (Phi) is 3.97. The highest BCUT2D eigenvalue weighted by Crippen LogP contribution is 2.33. The van der Waals surface area contributed by atoms with E-state index in [9.17, 15) is 0 Å². The summed E-state index contributed by atoms with van der Waals surface area (Å²) in [6.45, 7) is 4.15. The summed E-state index contributed by atoms with van der Waals surface area (Å²) in [5.74, 6) is 1.18. The molecule has 0 aliphatic heterocycles. The Labute approximate surface area is 112 Å². The summed E-state index contributed by atoms with van der Waals surface area (Å²) in [5, 5.41) is 0. The van der Waals surface area contributed by atoms with Gasteiger partial charge in [-0.15, -0.1) is 0 Å². The van der Waals surface area contributed by atoms with Gasteiger partial charge in [-0.2, -0.15) is 0 Å². The number of para-hydroxylation sites is 1. The van der Waals surface area contributed by atoms with Crippen molar-refractivity contribution in [2.24, 2.45) is 5.73 Å². The highest BCUT2D eigenvalue weighted by molar-refractivity contribution is 5.47. The van der Waals surface area contributed by atoms with Crippen molar-refractivity contribution in [3.63, 3.8) is 0 Å². The molecule has 0 saturated carbocycles. The van der Waals surface area contributed by atoms with E-state index < -0.39 is 0 Å². The number of methoxy groups -OCH3 is 1. The van der Waals surface area contributed by atoms with Gasteiger partial charge in [0.1, 0.15) is 0 Å². The van der Waals surface area contributed by atoms with E-state index in [0.29, 0.717) is 24.1 Å². The van der Waals surface area contributed by atoms with Crippen LogP contribution < -0.4 is 15.2 Å². The van der Waals surface area contributed by atoms with Crippen molar-refractivity contribution in [1.82, 2.24) is 9.97 Å². The number of nitrogens with zero attached hydrogens (tertiary/aromatic N) is 2. The van der Waals surface area contributed by atoms with Crippen LogP contribution in [0.25, 0.3) is 0 Å². The second-order valence-corrected chi connectivity index (χ2v) is 4.19. The predicted octanol–water partition coefficient (Wildman–Crippen LogP) is 2.35. The number of nitrogens with two attached hydrogens (primary N) is 1. The van der Waals surface area contributed by atoms with Crippen LogP contribution in [0.1, 0.15) is 17.0 Å². The summed E-state index contributed by atoms with van der Waals surface area (Å²) >= 11 is 0. The van der Waals surface area contributed by atoms with Crippen LogP contribution >= 0.6 is 0 Å². The van der Waals surface area contributed by atoms with Gasteiger partial charge in [-0.25, -0.2) is 9.97 Å². The molecule has 0 saturated heterocycles. The van der Waals surface area contributed by atoms with Crippen LogP contribution in [-0.2, 0) is 6.54 Å². The summed E-state index contributed by atoms with van der Waals surface area (Å²) in [5.41, 5.74) is 8.27. The van der Waals surface area contributed by atoms with Gasteiger partial charge >= 0.3 is 6.01 Å². The Balaban J connectivity index is 2.41. The standard InChI is InChI=1S/C14H17N3O2/c1-9-7-10(2)17-14(16-9)19-13-11(8-15)5-4-6-12(13)18-3/h4-7H,8,15H2,1-3H3. The van der Waals surface area contributed by atoms with Crippen molar-refractivity contribution >= 4 is 0 Å². The molecular formula is C14H17N3O2. The molecule has 0 bridgehead atoms. The van der Waals surface area contributed by atoms with E-state index in [4.69, 9.17) is 15.2 Å². The van der Waals surface area contributed by atoms with Gasteiger partial charge in [-0.05, 0) is 26.0 Å². The average molecular weight is 259 g/mol. The lowest BCUT2D eigenvalue weighted by Gasteiger charge is -2.13. The van der Waals surface area contributed by atoms with E-state index in [2.05, 4.69) is 9.97 Å². The molecule has 100 valence electrons. The van der Waals surface area contributed by atoms with Crippen LogP contribution in [0.2, 0.25) is 0 Å². The molecule has 0 fully saturated rings. The number of aromatic nitrogens is 2. The van der Waals surface area contributed by atoms with Gasteiger partial charge in [-0.1, -0.05) is 12.1 Å². The lowest BCUT2D eigenvalue weighted by Crippen LogP contribution is -2.03. The maximum Gasteiger partial charge on any atom is 0.322 e. The maximum absolute atomic E-state index is 5.76. The zero-order valence-electron chi connectivity index (χ0n) is 11.3. The van der Waals surface area contributed by atoms with E-state index in [1.165, 1.54) is 0 Å². The van der Waals surface area contributed by atoms with Gasteiger partial charge < -0.3 is 15.2 Å². The monoisotopic (exact) mass is 259 g/mol. The third-order valence-electron chi connectivity index (χ3n) is 2.66. The summed E-state index contributed by atoms with van der Waals surface area (Å²) in [6, 6.07) is 7.77. The van der Waals surface area contributed by atoms with Gasteiger partial charge in [0.25, 0.3) is 0 Å². The zero-order valence-corrected chi connectivity index (χ0v) is 11.3. The number of rotatable bonds is 4. The van der Waals surface area contributed by atoms with E-state index >= 15 is 0 Å². The number of hydrogen-bond acceptors (Lipinski definition) is 5. The molecule has 0 amide bonds. The van der Waals surface area contributed by atoms with E-state index in [-0.39, 0.29) is 0 Å². The van der Waals surface area contributed by atoms with E-state index in [0.717, 1.165) is 17.0 Å². The molecule has 0 unspecified atom stereocenters. The molecule has 2 rings (SSSR count). The fourth-order valence-corrected chi connectivity index (χ4v) is 1.83. The van der Waals surface area contributed by atoms with Crippen LogP contribution in [0.15, 0.2) is 24.3 Å². The summed E-state index contributed by atoms with van der Waals surface area (Å²) in [4.78, 5) is 8.50. The Morgan fingerprint density at radius 3 is 2.42 bits per heavy atom. The fraction of sp³-hybridized carbons (Fsp3) is 0.286. The minimum atomic E-state index is 0.303. The number of ether oxygens (including phenoxy) is 2. The SMILES string of the molecule is COc1cccc(CN)c1Oc1nc(C)cc(C)n1. The van der Waals surface area contributed by atoms with Gasteiger partial charge in [0.15, 0.2) is 11.5 Å². The molecule has 0 radical (unpaired) electrons. The quantitative estimate of drug-likeness (QED) is 0.912. The minimum Gasteiger partial charge on any atom is -0.493 e. The molecule has 2 aromatic rings. The highest BCUT2D eigenvalue weighted by atomic mass is 16.5. The second-order valence-electron chi connectivity index (χ2n) is 4.19. The lowest BCUT2D eigenvalue weighted by molar-refractivity contribution is 0.364. The highest BCUT2D eigenvalue weighted by Gasteiger charge is 2.12. The number of aryl methyl sites for hydroxylation is 2. The van der Waals surface area contributed by atoms with E-state index in [1.54, 1.807) is 7.11 Å². The first-order valence-corrected chi connectivity index (χ1v) is 6.00. The first-order valence-electron chi connectivity index (χ1n) is 6.00. The predicted molar refractivity (Wildman–Crippen MR) is 72.5 cm³/mol. The van der Waals surface area contributed by atoms with Gasteiger partial charge in [0.05, 0.1) is 7.11 Å². The summed E-state index contributed by atoms with van der Waals surface area (Å²) in [6.07, 6.45) is 0. The van der Waals surface area contributed by atoms with Crippen molar-refractivity contribution in [2.45, 2.75) is 20.4 Å². The first-order chi connectivity index (χ1) is 9.13. The molecule has 19 heavy (non-hydrogen) atoms. The Bertz CT molecular complexity index is 542. The van der Waals surface area contributed by atoms with Gasteiger partial charge in [0, 0.05) is 23.5 Å². The largest absolute Gasteiger partial charge is 0.493 e. The van der Waals surface area contributed by atoms with Crippen LogP contribution in [-0.4, -0.2) is 17.1 Å². The number of benzene rings is 1. The molecule has 0 spiro atoms. The third-order valence-corrected chi connectivity index (χ3v) is 2.66. The molecule has 0 aliphatic rings. The van der Waals surface area contributed by atoms with Crippen LogP contribution in [0, 0.1) is 13.8 Å². The molecule has 5 heteroatoms. The van der Waals surface area contributed by atoms with Gasteiger partial charge in [0.2, 0.25) is 0 Å². The normalized spacial score (nSPS) is 10.3. The van der Waals surface area contributed by atoms with Gasteiger partial charge in [-0.3, -0.25) is 0 Å². The molecule has 0 aliphatic carbocycles. The topological polar surface area (TPSA) is 70.3 Å². The Morgan fingerprint density at radius 2 is 1.84 bits per heavy atom. The van der Waals surface area contributed by atoms with Crippen molar-refractivity contribution in [3.8, 4) is 17.5 Å². The van der Waals surface area contributed by atoms with Crippen molar-refractivity contribution in [2.75, 3.05) is 7.11 Å². The molecule has 0 atom stereocenters. The van der Waals surface area contributed by atoms with Crippen LogP contribution in [0.4, 0.5) is 0 Å². The summed E-state index contributed by atoms with van der Waals surface area (Å²) in [7, 11) is 1.59. The average Bonchev–Trinajstić information content (AvgIpc) is 2.37. The second kappa shape index (κ2) is 5.67. The van der Waals surface area contributed by atoms with Crippen LogP contribution in [0.3, 0.4) is 0 Å². The molecule has 1 heterocycles. The van der Waals surface area contributed by atoms with E-state index in [1.807, 2.05) is 38.1 Å².